The second-order valence-corrected chi connectivity index (χ2v) is 7.09. The fraction of sp³-hybridized carbons (Fsp3) is 0.611. The molecule has 0 saturated carbocycles. The molecule has 0 aliphatic heterocycles. The number of hydrogen-bond acceptors (Lipinski definition) is 2. The molecule has 0 aliphatic carbocycles. The van der Waals surface area contributed by atoms with E-state index in [0.29, 0.717) is 18.9 Å². The molecule has 2 N–H and O–H groups in total. The van der Waals surface area contributed by atoms with E-state index in [4.69, 9.17) is 0 Å². The van der Waals surface area contributed by atoms with E-state index in [1.807, 2.05) is 18.2 Å². The zero-order valence-electron chi connectivity index (χ0n) is 14.1. The van der Waals surface area contributed by atoms with Gasteiger partial charge in [0.1, 0.15) is 0 Å². The van der Waals surface area contributed by atoms with Gasteiger partial charge < -0.3 is 10.6 Å². The summed E-state index contributed by atoms with van der Waals surface area (Å²) in [6.45, 7) is 11.4. The van der Waals surface area contributed by atoms with Gasteiger partial charge in [0.15, 0.2) is 0 Å². The number of rotatable bonds is 7. The molecule has 1 atom stereocenters. The molecule has 3 nitrogen and oxygen atoms in total. The Kier molecular flexibility index (Phi) is 6.90. The molecule has 1 amide bonds. The molecular weight excluding hydrogens is 260 g/mol. The van der Waals surface area contributed by atoms with Crippen LogP contribution in [0.3, 0.4) is 0 Å². The summed E-state index contributed by atoms with van der Waals surface area (Å²) in [5, 5.41) is 6.52. The molecule has 118 valence electrons. The highest BCUT2D eigenvalue weighted by Crippen LogP contribution is 2.21. The Bertz CT molecular complexity index is 421. The van der Waals surface area contributed by atoms with Gasteiger partial charge in [-0.3, -0.25) is 4.79 Å². The van der Waals surface area contributed by atoms with E-state index in [0.717, 1.165) is 6.42 Å². The van der Waals surface area contributed by atoms with Crippen LogP contribution in [-0.2, 0) is 4.79 Å². The number of amides is 1. The molecule has 0 bridgehead atoms. The van der Waals surface area contributed by atoms with Crippen LogP contribution >= 0.6 is 0 Å². The molecule has 0 radical (unpaired) electrons. The third-order valence-corrected chi connectivity index (χ3v) is 3.25. The maximum Gasteiger partial charge on any atom is 0.221 e. The standard InChI is InChI=1S/C18H30N2O/c1-14(2)13-16(15-9-7-6-8-10-15)20-17(21)11-12-19-18(3,4)5/h6-10,14,16,19H,11-13H2,1-5H3,(H,20,21). The summed E-state index contributed by atoms with van der Waals surface area (Å²) in [6, 6.07) is 10.3. The molecule has 1 aromatic carbocycles. The topological polar surface area (TPSA) is 41.1 Å². The largest absolute Gasteiger partial charge is 0.349 e. The van der Waals surface area contributed by atoms with Crippen LogP contribution in [0, 0.1) is 5.92 Å². The first-order valence-corrected chi connectivity index (χ1v) is 7.87. The Morgan fingerprint density at radius 1 is 1.14 bits per heavy atom. The van der Waals surface area contributed by atoms with Crippen LogP contribution in [0.5, 0.6) is 0 Å². The first-order chi connectivity index (χ1) is 9.78. The van der Waals surface area contributed by atoms with Crippen molar-refractivity contribution in [3.63, 3.8) is 0 Å². The number of nitrogens with one attached hydrogen (secondary N) is 2. The molecular formula is C18H30N2O. The number of hydrogen-bond donors (Lipinski definition) is 2. The van der Waals surface area contributed by atoms with E-state index in [1.54, 1.807) is 0 Å². The summed E-state index contributed by atoms with van der Waals surface area (Å²) in [4.78, 5) is 12.1. The molecule has 0 heterocycles. The highest BCUT2D eigenvalue weighted by atomic mass is 16.1. The van der Waals surface area contributed by atoms with E-state index < -0.39 is 0 Å². The van der Waals surface area contributed by atoms with Crippen LogP contribution in [0.4, 0.5) is 0 Å². The zero-order valence-corrected chi connectivity index (χ0v) is 14.1. The highest BCUT2D eigenvalue weighted by Gasteiger charge is 2.16. The smallest absolute Gasteiger partial charge is 0.221 e. The van der Waals surface area contributed by atoms with Crippen LogP contribution in [0.2, 0.25) is 0 Å². The lowest BCUT2D eigenvalue weighted by molar-refractivity contribution is -0.121. The second kappa shape index (κ2) is 8.18. The maximum atomic E-state index is 12.1. The lowest BCUT2D eigenvalue weighted by Gasteiger charge is -2.23. The monoisotopic (exact) mass is 290 g/mol. The van der Waals surface area contributed by atoms with Crippen LogP contribution < -0.4 is 10.6 Å². The van der Waals surface area contributed by atoms with Gasteiger partial charge in [0, 0.05) is 18.5 Å². The van der Waals surface area contributed by atoms with Crippen LogP contribution in [0.15, 0.2) is 30.3 Å². The van der Waals surface area contributed by atoms with E-state index in [-0.39, 0.29) is 17.5 Å². The fourth-order valence-electron chi connectivity index (χ4n) is 2.25. The van der Waals surface area contributed by atoms with E-state index in [2.05, 4.69) is 57.4 Å². The minimum atomic E-state index is 0.0526. The lowest BCUT2D eigenvalue weighted by atomic mass is 9.97. The van der Waals surface area contributed by atoms with E-state index >= 15 is 0 Å². The van der Waals surface area contributed by atoms with Gasteiger partial charge >= 0.3 is 0 Å². The molecule has 0 aliphatic rings. The number of carbonyl (C=O) groups is 1. The third-order valence-electron chi connectivity index (χ3n) is 3.25. The van der Waals surface area contributed by atoms with E-state index in [9.17, 15) is 4.79 Å². The minimum Gasteiger partial charge on any atom is -0.349 e. The zero-order chi connectivity index (χ0) is 15.9. The summed E-state index contributed by atoms with van der Waals surface area (Å²) in [7, 11) is 0. The van der Waals surface area contributed by atoms with Gasteiger partial charge in [0.2, 0.25) is 5.91 Å². The summed E-state index contributed by atoms with van der Waals surface area (Å²) in [5.74, 6) is 0.657. The summed E-state index contributed by atoms with van der Waals surface area (Å²) in [6.07, 6.45) is 1.47. The van der Waals surface area contributed by atoms with Crippen molar-refractivity contribution in [2.75, 3.05) is 6.54 Å². The molecule has 3 heteroatoms. The van der Waals surface area contributed by atoms with Gasteiger partial charge in [-0.15, -0.1) is 0 Å². The SMILES string of the molecule is CC(C)CC(NC(=O)CCNC(C)(C)C)c1ccccc1. The molecule has 21 heavy (non-hydrogen) atoms. The van der Waals surface area contributed by atoms with Crippen molar-refractivity contribution >= 4 is 5.91 Å². The first-order valence-electron chi connectivity index (χ1n) is 7.87. The number of carbonyl (C=O) groups excluding carboxylic acids is 1. The van der Waals surface area contributed by atoms with Crippen molar-refractivity contribution in [1.29, 1.82) is 0 Å². The Balaban J connectivity index is 2.55. The predicted octanol–water partition coefficient (Wildman–Crippen LogP) is 3.67. The van der Waals surface area contributed by atoms with Gasteiger partial charge in [-0.2, -0.15) is 0 Å². The summed E-state index contributed by atoms with van der Waals surface area (Å²) in [5.41, 5.74) is 1.24. The summed E-state index contributed by atoms with van der Waals surface area (Å²) < 4.78 is 0. The predicted molar refractivity (Wildman–Crippen MR) is 89.2 cm³/mol. The fourth-order valence-corrected chi connectivity index (χ4v) is 2.25. The Labute approximate surface area is 129 Å². The third kappa shape index (κ3) is 7.86. The van der Waals surface area contributed by atoms with Crippen molar-refractivity contribution < 1.29 is 4.79 Å². The van der Waals surface area contributed by atoms with E-state index in [1.165, 1.54) is 5.56 Å². The van der Waals surface area contributed by atoms with Crippen molar-refractivity contribution in [1.82, 2.24) is 10.6 Å². The first kappa shape index (κ1) is 17.7. The van der Waals surface area contributed by atoms with Crippen molar-refractivity contribution in [2.24, 2.45) is 5.92 Å². The van der Waals surface area contributed by atoms with Gasteiger partial charge in [-0.25, -0.2) is 0 Å². The average Bonchev–Trinajstić information content (AvgIpc) is 2.37. The normalized spacial score (nSPS) is 13.2. The minimum absolute atomic E-state index is 0.0526. The molecule has 0 aromatic heterocycles. The summed E-state index contributed by atoms with van der Waals surface area (Å²) >= 11 is 0. The Hall–Kier alpha value is -1.35. The quantitative estimate of drug-likeness (QED) is 0.804. The Morgan fingerprint density at radius 3 is 2.29 bits per heavy atom. The van der Waals surface area contributed by atoms with Crippen molar-refractivity contribution in [3.05, 3.63) is 35.9 Å². The molecule has 1 unspecified atom stereocenters. The molecule has 0 saturated heterocycles. The molecule has 0 fully saturated rings. The molecule has 1 aromatic rings. The second-order valence-electron chi connectivity index (χ2n) is 7.09. The van der Waals surface area contributed by atoms with Crippen LogP contribution in [0.25, 0.3) is 0 Å². The molecule has 0 spiro atoms. The van der Waals surface area contributed by atoms with Gasteiger partial charge in [0.25, 0.3) is 0 Å². The van der Waals surface area contributed by atoms with Gasteiger partial charge in [0.05, 0.1) is 6.04 Å². The van der Waals surface area contributed by atoms with Crippen molar-refractivity contribution in [3.8, 4) is 0 Å². The maximum absolute atomic E-state index is 12.1. The molecule has 1 rings (SSSR count). The number of benzene rings is 1. The highest BCUT2D eigenvalue weighted by molar-refractivity contribution is 5.76. The van der Waals surface area contributed by atoms with Gasteiger partial charge in [-0.05, 0) is 38.7 Å². The van der Waals surface area contributed by atoms with Gasteiger partial charge in [-0.1, -0.05) is 44.2 Å². The average molecular weight is 290 g/mol. The lowest BCUT2D eigenvalue weighted by Crippen LogP contribution is -2.39. The van der Waals surface area contributed by atoms with Crippen LogP contribution in [-0.4, -0.2) is 18.0 Å². The van der Waals surface area contributed by atoms with Crippen LogP contribution in [0.1, 0.15) is 59.1 Å². The van der Waals surface area contributed by atoms with Crippen molar-refractivity contribution in [2.45, 2.75) is 59.0 Å². The Morgan fingerprint density at radius 2 is 1.76 bits per heavy atom.